The number of phenolic OH excluding ortho intramolecular Hbond substituents is 1. The molecule has 0 amide bonds. The van der Waals surface area contributed by atoms with Crippen LogP contribution in [-0.4, -0.2) is 33.7 Å². The molecule has 5 heteroatoms. The molecular weight excluding hydrogens is 242 g/mol. The Labute approximate surface area is 104 Å². The molecule has 2 N–H and O–H groups in total. The summed E-state index contributed by atoms with van der Waals surface area (Å²) in [6.45, 7) is 0.417. The maximum Gasteiger partial charge on any atom is 0.317 e. The summed E-state index contributed by atoms with van der Waals surface area (Å²) in [6, 6.07) is 5.14. The molecule has 0 spiro atoms. The lowest BCUT2D eigenvalue weighted by atomic mass is 10.2. The van der Waals surface area contributed by atoms with E-state index in [4.69, 9.17) is 16.7 Å². The summed E-state index contributed by atoms with van der Waals surface area (Å²) >= 11 is 5.86. The van der Waals surface area contributed by atoms with Gasteiger partial charge in [0.05, 0.1) is 6.54 Å². The largest absolute Gasteiger partial charge is 0.508 e. The van der Waals surface area contributed by atoms with Crippen LogP contribution in [0.2, 0.25) is 5.02 Å². The number of halogens is 1. The van der Waals surface area contributed by atoms with Gasteiger partial charge in [-0.1, -0.05) is 11.6 Å². The Hall–Kier alpha value is -1.26. The van der Waals surface area contributed by atoms with Gasteiger partial charge in [0.25, 0.3) is 0 Å². The van der Waals surface area contributed by atoms with Crippen LogP contribution in [-0.2, 0) is 11.3 Å². The van der Waals surface area contributed by atoms with Gasteiger partial charge in [-0.3, -0.25) is 9.69 Å². The van der Waals surface area contributed by atoms with Crippen molar-refractivity contribution in [3.63, 3.8) is 0 Å². The molecule has 1 fully saturated rings. The Balaban J connectivity index is 2.10. The number of nitrogens with zero attached hydrogens (tertiary/aromatic N) is 1. The predicted octanol–water partition coefficient (Wildman–Crippen LogP) is 2.09. The highest BCUT2D eigenvalue weighted by Crippen LogP contribution is 2.30. The summed E-state index contributed by atoms with van der Waals surface area (Å²) in [5.74, 6) is -0.691. The van der Waals surface area contributed by atoms with Crippen LogP contribution in [0.15, 0.2) is 18.2 Å². The van der Waals surface area contributed by atoms with Crippen molar-refractivity contribution >= 4 is 17.6 Å². The minimum atomic E-state index is -0.849. The number of phenols is 1. The number of hydrogen-bond donors (Lipinski definition) is 2. The fourth-order valence-electron chi connectivity index (χ4n) is 1.83. The van der Waals surface area contributed by atoms with Gasteiger partial charge in [-0.2, -0.15) is 0 Å². The topological polar surface area (TPSA) is 60.8 Å². The first-order valence-corrected chi connectivity index (χ1v) is 5.87. The number of carboxylic acids is 1. The summed E-state index contributed by atoms with van der Waals surface area (Å²) in [6.07, 6.45) is 2.04. The zero-order valence-electron chi connectivity index (χ0n) is 9.27. The minimum absolute atomic E-state index is 0.00335. The zero-order valence-corrected chi connectivity index (χ0v) is 10.0. The van der Waals surface area contributed by atoms with Gasteiger partial charge in [0.2, 0.25) is 0 Å². The number of aromatic hydroxyl groups is 1. The summed E-state index contributed by atoms with van der Waals surface area (Å²) in [4.78, 5) is 12.6. The van der Waals surface area contributed by atoms with Crippen molar-refractivity contribution in [1.82, 2.24) is 4.90 Å². The molecule has 1 aliphatic carbocycles. The Kier molecular flexibility index (Phi) is 3.54. The lowest BCUT2D eigenvalue weighted by Crippen LogP contribution is -2.31. The third-order valence-electron chi connectivity index (χ3n) is 2.82. The van der Waals surface area contributed by atoms with Crippen LogP contribution in [0.25, 0.3) is 0 Å². The van der Waals surface area contributed by atoms with Crippen molar-refractivity contribution in [2.45, 2.75) is 25.4 Å². The maximum atomic E-state index is 10.8. The molecule has 1 aromatic carbocycles. The second kappa shape index (κ2) is 4.94. The van der Waals surface area contributed by atoms with Crippen molar-refractivity contribution in [2.24, 2.45) is 0 Å². The van der Waals surface area contributed by atoms with Gasteiger partial charge in [0.1, 0.15) is 5.75 Å². The van der Waals surface area contributed by atoms with Crippen LogP contribution in [0.3, 0.4) is 0 Å². The van der Waals surface area contributed by atoms with Gasteiger partial charge in [0, 0.05) is 23.2 Å². The average Bonchev–Trinajstić information content (AvgIpc) is 3.05. The van der Waals surface area contributed by atoms with Crippen molar-refractivity contribution in [3.05, 3.63) is 28.8 Å². The second-order valence-corrected chi connectivity index (χ2v) is 4.74. The summed E-state index contributed by atoms with van der Waals surface area (Å²) < 4.78 is 0. The predicted molar refractivity (Wildman–Crippen MR) is 64.2 cm³/mol. The zero-order chi connectivity index (χ0) is 12.4. The van der Waals surface area contributed by atoms with Gasteiger partial charge >= 0.3 is 5.97 Å². The summed E-state index contributed by atoms with van der Waals surface area (Å²) in [5.41, 5.74) is 0.672. The number of carboxylic acid groups (broad SMARTS) is 1. The molecule has 4 nitrogen and oxygen atoms in total. The monoisotopic (exact) mass is 255 g/mol. The van der Waals surface area contributed by atoms with Gasteiger partial charge in [-0.25, -0.2) is 0 Å². The Morgan fingerprint density at radius 2 is 2.18 bits per heavy atom. The molecule has 92 valence electrons. The van der Waals surface area contributed by atoms with Gasteiger partial charge in [0.15, 0.2) is 0 Å². The molecular formula is C12H14ClNO3. The molecule has 2 rings (SSSR count). The van der Waals surface area contributed by atoms with E-state index < -0.39 is 5.97 Å². The van der Waals surface area contributed by atoms with Crippen molar-refractivity contribution in [2.75, 3.05) is 6.54 Å². The van der Waals surface area contributed by atoms with Gasteiger partial charge in [-0.05, 0) is 31.0 Å². The number of hydrogen-bond acceptors (Lipinski definition) is 3. The number of aliphatic carboxylic acids is 1. The van der Waals surface area contributed by atoms with E-state index in [1.165, 1.54) is 6.07 Å². The fraction of sp³-hybridized carbons (Fsp3) is 0.417. The van der Waals surface area contributed by atoms with Gasteiger partial charge < -0.3 is 10.2 Å². The van der Waals surface area contributed by atoms with Crippen LogP contribution >= 0.6 is 11.6 Å². The minimum Gasteiger partial charge on any atom is -0.508 e. The first kappa shape index (κ1) is 12.2. The van der Waals surface area contributed by atoms with Gasteiger partial charge in [-0.15, -0.1) is 0 Å². The van der Waals surface area contributed by atoms with E-state index in [2.05, 4.69) is 0 Å². The molecule has 0 unspecified atom stereocenters. The third kappa shape index (κ3) is 3.35. The second-order valence-electron chi connectivity index (χ2n) is 4.30. The van der Waals surface area contributed by atoms with E-state index in [1.807, 2.05) is 4.90 Å². The highest BCUT2D eigenvalue weighted by molar-refractivity contribution is 6.30. The first-order chi connectivity index (χ1) is 8.06. The summed E-state index contributed by atoms with van der Waals surface area (Å²) in [7, 11) is 0. The van der Waals surface area contributed by atoms with Crippen LogP contribution < -0.4 is 0 Å². The maximum absolute atomic E-state index is 10.8. The molecule has 1 aromatic rings. The molecule has 17 heavy (non-hydrogen) atoms. The number of rotatable bonds is 5. The number of carbonyl (C=O) groups is 1. The summed E-state index contributed by atoms with van der Waals surface area (Å²) in [5, 5.41) is 19.1. The molecule has 0 aliphatic heterocycles. The first-order valence-electron chi connectivity index (χ1n) is 5.49. The van der Waals surface area contributed by atoms with Crippen LogP contribution in [0.5, 0.6) is 5.75 Å². The Bertz CT molecular complexity index is 432. The van der Waals surface area contributed by atoms with E-state index in [-0.39, 0.29) is 12.3 Å². The molecule has 0 saturated heterocycles. The van der Waals surface area contributed by atoms with E-state index in [0.29, 0.717) is 23.2 Å². The molecule has 0 radical (unpaired) electrons. The van der Waals surface area contributed by atoms with Crippen molar-refractivity contribution in [3.8, 4) is 5.75 Å². The SMILES string of the molecule is O=C(O)CN(Cc1cc(Cl)ccc1O)C1CC1. The van der Waals surface area contributed by atoms with Crippen molar-refractivity contribution < 1.29 is 15.0 Å². The lowest BCUT2D eigenvalue weighted by Gasteiger charge is -2.20. The highest BCUT2D eigenvalue weighted by Gasteiger charge is 2.30. The van der Waals surface area contributed by atoms with E-state index in [9.17, 15) is 9.90 Å². The number of benzene rings is 1. The average molecular weight is 256 g/mol. The smallest absolute Gasteiger partial charge is 0.317 e. The highest BCUT2D eigenvalue weighted by atomic mass is 35.5. The molecule has 0 aromatic heterocycles. The molecule has 0 bridgehead atoms. The van der Waals surface area contributed by atoms with Crippen LogP contribution in [0, 0.1) is 0 Å². The molecule has 0 heterocycles. The molecule has 0 atom stereocenters. The fourth-order valence-corrected chi connectivity index (χ4v) is 2.02. The third-order valence-corrected chi connectivity index (χ3v) is 3.05. The van der Waals surface area contributed by atoms with E-state index in [0.717, 1.165) is 12.8 Å². The molecule has 1 aliphatic rings. The Morgan fingerprint density at radius 3 is 2.76 bits per heavy atom. The molecule has 1 saturated carbocycles. The van der Waals surface area contributed by atoms with E-state index in [1.54, 1.807) is 12.1 Å². The van der Waals surface area contributed by atoms with Crippen LogP contribution in [0.4, 0.5) is 0 Å². The van der Waals surface area contributed by atoms with E-state index >= 15 is 0 Å². The normalized spacial score (nSPS) is 15.2. The van der Waals surface area contributed by atoms with Crippen molar-refractivity contribution in [1.29, 1.82) is 0 Å². The quantitative estimate of drug-likeness (QED) is 0.846. The lowest BCUT2D eigenvalue weighted by molar-refractivity contribution is -0.138. The van der Waals surface area contributed by atoms with Crippen LogP contribution in [0.1, 0.15) is 18.4 Å². The Morgan fingerprint density at radius 1 is 1.47 bits per heavy atom. The standard InChI is InChI=1S/C12H14ClNO3/c13-9-1-4-11(15)8(5-9)6-14(7-12(16)17)10-2-3-10/h1,4-5,10,15H,2-3,6-7H2,(H,16,17).